The first-order chi connectivity index (χ1) is 11.1. The highest BCUT2D eigenvalue weighted by Gasteiger charge is 2.23. The van der Waals surface area contributed by atoms with Crippen molar-refractivity contribution in [2.24, 2.45) is 7.05 Å². The lowest BCUT2D eigenvalue weighted by Crippen LogP contribution is -2.31. The molecule has 0 radical (unpaired) electrons. The van der Waals surface area contributed by atoms with Crippen LogP contribution >= 0.6 is 0 Å². The second-order valence-corrected chi connectivity index (χ2v) is 5.29. The molecule has 2 heterocycles. The first-order valence-electron chi connectivity index (χ1n) is 7.14. The molecule has 0 aliphatic heterocycles. The van der Waals surface area contributed by atoms with Crippen LogP contribution in [-0.2, 0) is 7.05 Å². The van der Waals surface area contributed by atoms with E-state index in [1.807, 2.05) is 7.05 Å². The molecule has 0 bridgehead atoms. The van der Waals surface area contributed by atoms with Gasteiger partial charge in [0, 0.05) is 25.0 Å². The van der Waals surface area contributed by atoms with Crippen LogP contribution in [0.3, 0.4) is 0 Å². The summed E-state index contributed by atoms with van der Waals surface area (Å²) in [4.78, 5) is 16.7. The Labute approximate surface area is 132 Å². The summed E-state index contributed by atoms with van der Waals surface area (Å²) in [6.07, 6.45) is 4.86. The van der Waals surface area contributed by atoms with Gasteiger partial charge in [0.1, 0.15) is 17.7 Å². The second kappa shape index (κ2) is 6.08. The first-order valence-corrected chi connectivity index (χ1v) is 7.14. The smallest absolute Gasteiger partial charge is 0.288 e. The van der Waals surface area contributed by atoms with Crippen molar-refractivity contribution in [1.82, 2.24) is 14.9 Å². The van der Waals surface area contributed by atoms with E-state index in [-0.39, 0.29) is 17.5 Å². The van der Waals surface area contributed by atoms with E-state index in [4.69, 9.17) is 4.42 Å². The monoisotopic (exact) mass is 313 g/mol. The molecule has 1 amide bonds. The number of benzene rings is 1. The predicted molar refractivity (Wildman–Crippen MR) is 82.4 cm³/mol. The third-order valence-corrected chi connectivity index (χ3v) is 3.64. The molecule has 3 aromatic rings. The topological polar surface area (TPSA) is 60.1 Å². The van der Waals surface area contributed by atoms with Crippen LogP contribution in [0.4, 0.5) is 4.39 Å². The summed E-state index contributed by atoms with van der Waals surface area (Å²) in [6, 6.07) is 7.23. The van der Waals surface area contributed by atoms with Gasteiger partial charge in [-0.05, 0) is 30.7 Å². The highest BCUT2D eigenvalue weighted by molar-refractivity contribution is 5.93. The molecule has 0 saturated carbocycles. The summed E-state index contributed by atoms with van der Waals surface area (Å²) in [5, 5.41) is 2.86. The summed E-state index contributed by atoms with van der Waals surface area (Å²) in [7, 11) is 1.82. The number of amides is 1. The van der Waals surface area contributed by atoms with Crippen LogP contribution < -0.4 is 5.32 Å². The number of imidazole rings is 1. The maximum Gasteiger partial charge on any atom is 0.288 e. The number of furan rings is 1. The van der Waals surface area contributed by atoms with Crippen molar-refractivity contribution < 1.29 is 13.6 Å². The molecule has 1 aromatic carbocycles. The largest absolute Gasteiger partial charge is 0.459 e. The number of nitrogens with one attached hydrogen (secondary N) is 1. The Hall–Kier alpha value is -2.89. The minimum atomic E-state index is -0.581. The molecule has 0 spiro atoms. The standard InChI is InChI=1S/C17H16FN3O2/c1-11-6-9-23-15(11)17(22)20-14(16-19-7-8-21(16)2)12-4-3-5-13(18)10-12/h3-10,14H,1-2H3,(H,20,22)/t14-/m1/s1. The van der Waals surface area contributed by atoms with Crippen LogP contribution in [0.2, 0.25) is 0 Å². The van der Waals surface area contributed by atoms with Crippen LogP contribution in [0.25, 0.3) is 0 Å². The van der Waals surface area contributed by atoms with Crippen molar-refractivity contribution in [3.63, 3.8) is 0 Å². The van der Waals surface area contributed by atoms with Gasteiger partial charge in [0.05, 0.1) is 6.26 Å². The molecule has 0 fully saturated rings. The fourth-order valence-electron chi connectivity index (χ4n) is 2.44. The third-order valence-electron chi connectivity index (χ3n) is 3.64. The van der Waals surface area contributed by atoms with E-state index in [0.29, 0.717) is 11.4 Å². The van der Waals surface area contributed by atoms with E-state index >= 15 is 0 Å². The minimum absolute atomic E-state index is 0.237. The highest BCUT2D eigenvalue weighted by Crippen LogP contribution is 2.22. The maximum atomic E-state index is 13.6. The Balaban J connectivity index is 1.98. The summed E-state index contributed by atoms with van der Waals surface area (Å²) in [5.41, 5.74) is 1.34. The van der Waals surface area contributed by atoms with Crippen LogP contribution in [-0.4, -0.2) is 15.5 Å². The van der Waals surface area contributed by atoms with E-state index < -0.39 is 6.04 Å². The Kier molecular flexibility index (Phi) is 3.97. The Bertz CT molecular complexity index is 838. The molecular weight excluding hydrogens is 297 g/mol. The van der Waals surface area contributed by atoms with Crippen molar-refractivity contribution in [2.45, 2.75) is 13.0 Å². The lowest BCUT2D eigenvalue weighted by molar-refractivity contribution is 0.0912. The molecule has 0 unspecified atom stereocenters. The fraction of sp³-hybridized carbons (Fsp3) is 0.176. The van der Waals surface area contributed by atoms with Gasteiger partial charge in [0.2, 0.25) is 0 Å². The Morgan fingerprint density at radius 1 is 1.39 bits per heavy atom. The molecule has 2 aromatic heterocycles. The van der Waals surface area contributed by atoms with Gasteiger partial charge in [-0.15, -0.1) is 0 Å². The number of carbonyl (C=O) groups excluding carboxylic acids is 1. The predicted octanol–water partition coefficient (Wildman–Crippen LogP) is 2.98. The van der Waals surface area contributed by atoms with Gasteiger partial charge in [-0.3, -0.25) is 4.79 Å². The molecule has 23 heavy (non-hydrogen) atoms. The molecular formula is C17H16FN3O2. The highest BCUT2D eigenvalue weighted by atomic mass is 19.1. The zero-order valence-electron chi connectivity index (χ0n) is 12.8. The minimum Gasteiger partial charge on any atom is -0.459 e. The van der Waals surface area contributed by atoms with Crippen LogP contribution in [0, 0.1) is 12.7 Å². The summed E-state index contributed by atoms with van der Waals surface area (Å²) < 4.78 is 20.6. The Morgan fingerprint density at radius 2 is 2.22 bits per heavy atom. The van der Waals surface area contributed by atoms with E-state index in [9.17, 15) is 9.18 Å². The van der Waals surface area contributed by atoms with Gasteiger partial charge in [-0.2, -0.15) is 0 Å². The van der Waals surface area contributed by atoms with Crippen molar-refractivity contribution in [2.75, 3.05) is 0 Å². The lowest BCUT2D eigenvalue weighted by Gasteiger charge is -2.19. The number of aromatic nitrogens is 2. The summed E-state index contributed by atoms with van der Waals surface area (Å²) in [5.74, 6) is 0.101. The van der Waals surface area contributed by atoms with Gasteiger partial charge in [-0.1, -0.05) is 12.1 Å². The zero-order chi connectivity index (χ0) is 16.4. The molecule has 0 aliphatic carbocycles. The number of nitrogens with zero attached hydrogens (tertiary/aromatic N) is 2. The zero-order valence-corrected chi connectivity index (χ0v) is 12.8. The number of hydrogen-bond donors (Lipinski definition) is 1. The van der Waals surface area contributed by atoms with Crippen LogP contribution in [0.1, 0.15) is 33.5 Å². The molecule has 1 atom stereocenters. The van der Waals surface area contributed by atoms with Gasteiger partial charge < -0.3 is 14.3 Å². The fourth-order valence-corrected chi connectivity index (χ4v) is 2.44. The van der Waals surface area contributed by atoms with Crippen molar-refractivity contribution >= 4 is 5.91 Å². The number of halogens is 1. The van der Waals surface area contributed by atoms with Crippen molar-refractivity contribution in [1.29, 1.82) is 0 Å². The van der Waals surface area contributed by atoms with E-state index in [1.165, 1.54) is 18.4 Å². The Morgan fingerprint density at radius 3 is 2.83 bits per heavy atom. The third kappa shape index (κ3) is 3.01. The van der Waals surface area contributed by atoms with Crippen LogP contribution in [0.15, 0.2) is 53.4 Å². The van der Waals surface area contributed by atoms with Gasteiger partial charge in [0.15, 0.2) is 5.76 Å². The molecule has 1 N–H and O–H groups in total. The van der Waals surface area contributed by atoms with E-state index in [2.05, 4.69) is 10.3 Å². The summed E-state index contributed by atoms with van der Waals surface area (Å²) >= 11 is 0. The van der Waals surface area contributed by atoms with E-state index in [0.717, 1.165) is 5.56 Å². The molecule has 0 saturated heterocycles. The summed E-state index contributed by atoms with van der Waals surface area (Å²) in [6.45, 7) is 1.79. The lowest BCUT2D eigenvalue weighted by atomic mass is 10.1. The van der Waals surface area contributed by atoms with Crippen LogP contribution in [0.5, 0.6) is 0 Å². The molecule has 118 valence electrons. The van der Waals surface area contributed by atoms with Crippen molar-refractivity contribution in [3.05, 3.63) is 77.5 Å². The SMILES string of the molecule is Cc1ccoc1C(=O)N[C@H](c1cccc(F)c1)c1nccn1C. The average molecular weight is 313 g/mol. The first kappa shape index (κ1) is 15.0. The normalized spacial score (nSPS) is 12.1. The molecule has 0 aliphatic rings. The second-order valence-electron chi connectivity index (χ2n) is 5.29. The average Bonchev–Trinajstić information content (AvgIpc) is 3.13. The van der Waals surface area contributed by atoms with Gasteiger partial charge in [0.25, 0.3) is 5.91 Å². The van der Waals surface area contributed by atoms with E-state index in [1.54, 1.807) is 42.1 Å². The maximum absolute atomic E-state index is 13.6. The number of carbonyl (C=O) groups is 1. The number of aryl methyl sites for hydroxylation is 2. The number of hydrogen-bond acceptors (Lipinski definition) is 3. The van der Waals surface area contributed by atoms with Crippen molar-refractivity contribution in [3.8, 4) is 0 Å². The van der Waals surface area contributed by atoms with Gasteiger partial charge >= 0.3 is 0 Å². The number of rotatable bonds is 4. The molecule has 3 rings (SSSR count). The molecule has 5 nitrogen and oxygen atoms in total. The quantitative estimate of drug-likeness (QED) is 0.805. The van der Waals surface area contributed by atoms with Gasteiger partial charge in [-0.25, -0.2) is 9.37 Å². The molecule has 6 heteroatoms.